The normalized spacial score (nSPS) is 11.2. The van der Waals surface area contributed by atoms with Gasteiger partial charge in [-0.3, -0.25) is 4.99 Å². The highest BCUT2D eigenvalue weighted by Crippen LogP contribution is 2.39. The highest BCUT2D eigenvalue weighted by Gasteiger charge is 2.15. The number of ether oxygens (including phenoxy) is 3. The highest BCUT2D eigenvalue weighted by atomic mass is 32.1. The van der Waals surface area contributed by atoms with E-state index < -0.39 is 0 Å². The van der Waals surface area contributed by atoms with Crippen LogP contribution in [0.5, 0.6) is 17.2 Å². The number of aromatic nitrogens is 1. The van der Waals surface area contributed by atoms with Gasteiger partial charge in [0.25, 0.3) is 0 Å². The number of hydrogen-bond donors (Lipinski definition) is 2. The average molecular weight is 407 g/mol. The first kappa shape index (κ1) is 21.8. The number of nitrogens with one attached hydrogen (secondary N) is 2. The van der Waals surface area contributed by atoms with Gasteiger partial charge >= 0.3 is 0 Å². The number of benzene rings is 1. The minimum absolute atomic E-state index is 0.613. The number of aliphatic imine (C=N–C) groups is 1. The van der Waals surface area contributed by atoms with Crippen LogP contribution >= 0.6 is 11.3 Å². The van der Waals surface area contributed by atoms with Crippen molar-refractivity contribution < 1.29 is 14.2 Å². The van der Waals surface area contributed by atoms with Gasteiger partial charge in [-0.05, 0) is 26.3 Å². The molecule has 7 nitrogen and oxygen atoms in total. The van der Waals surface area contributed by atoms with Crippen molar-refractivity contribution in [3.8, 4) is 17.2 Å². The number of rotatable bonds is 10. The summed E-state index contributed by atoms with van der Waals surface area (Å²) in [5.74, 6) is 2.77. The maximum absolute atomic E-state index is 5.55. The third-order valence-corrected chi connectivity index (χ3v) is 5.05. The third-order valence-electron chi connectivity index (χ3n) is 4.08. The second-order valence-corrected chi connectivity index (χ2v) is 7.36. The van der Waals surface area contributed by atoms with Gasteiger partial charge in [0.2, 0.25) is 5.75 Å². The molecule has 1 aromatic heterocycles. The SMILES string of the molecule is CCNC(=NCCc1ncc(C)s1)NCCc1ccc(OC)c(OC)c1OC. The van der Waals surface area contributed by atoms with Gasteiger partial charge in [-0.25, -0.2) is 4.98 Å². The van der Waals surface area contributed by atoms with Crippen molar-refractivity contribution >= 4 is 17.3 Å². The zero-order valence-corrected chi connectivity index (χ0v) is 18.1. The molecule has 1 aromatic carbocycles. The van der Waals surface area contributed by atoms with Gasteiger partial charge in [0.15, 0.2) is 17.5 Å². The summed E-state index contributed by atoms with van der Waals surface area (Å²) in [5.41, 5.74) is 1.04. The van der Waals surface area contributed by atoms with E-state index in [0.29, 0.717) is 30.3 Å². The standard InChI is InChI=1S/C20H30N4O3S/c1-6-21-20(23-12-10-17-24-13-14(2)28-17)22-11-9-15-7-8-16(25-3)19(27-5)18(15)26-4/h7-8,13H,6,9-12H2,1-5H3,(H2,21,22,23). The first-order chi connectivity index (χ1) is 13.6. The van der Waals surface area contributed by atoms with E-state index in [-0.39, 0.29) is 0 Å². The molecule has 0 aliphatic carbocycles. The molecule has 0 aliphatic heterocycles. The van der Waals surface area contributed by atoms with Gasteiger partial charge in [-0.1, -0.05) is 6.07 Å². The van der Waals surface area contributed by atoms with E-state index >= 15 is 0 Å². The van der Waals surface area contributed by atoms with Crippen molar-refractivity contribution in [1.82, 2.24) is 15.6 Å². The van der Waals surface area contributed by atoms with Crippen LogP contribution in [0.3, 0.4) is 0 Å². The first-order valence-corrected chi connectivity index (χ1v) is 10.2. The lowest BCUT2D eigenvalue weighted by atomic mass is 10.1. The number of methoxy groups -OCH3 is 3. The fraction of sp³-hybridized carbons (Fsp3) is 0.500. The third kappa shape index (κ3) is 6.02. The zero-order valence-electron chi connectivity index (χ0n) is 17.3. The average Bonchev–Trinajstić information content (AvgIpc) is 3.12. The van der Waals surface area contributed by atoms with E-state index in [9.17, 15) is 0 Å². The summed E-state index contributed by atoms with van der Waals surface area (Å²) in [7, 11) is 4.87. The molecule has 0 unspecified atom stereocenters. The van der Waals surface area contributed by atoms with Crippen LogP contribution in [0.2, 0.25) is 0 Å². The van der Waals surface area contributed by atoms with Gasteiger partial charge in [0.05, 0.1) is 26.3 Å². The molecule has 0 bridgehead atoms. The molecule has 1 heterocycles. The van der Waals surface area contributed by atoms with Crippen LogP contribution in [0.15, 0.2) is 23.3 Å². The van der Waals surface area contributed by atoms with Crippen LogP contribution in [-0.4, -0.2) is 51.9 Å². The van der Waals surface area contributed by atoms with Crippen LogP contribution in [-0.2, 0) is 12.8 Å². The van der Waals surface area contributed by atoms with Gasteiger partial charge in [-0.2, -0.15) is 0 Å². The topological polar surface area (TPSA) is 77.0 Å². The van der Waals surface area contributed by atoms with Gasteiger partial charge in [0.1, 0.15) is 0 Å². The van der Waals surface area contributed by atoms with Crippen molar-refractivity contribution in [1.29, 1.82) is 0 Å². The Kier molecular flexibility index (Phi) is 8.87. The number of thiazole rings is 1. The quantitative estimate of drug-likeness (QED) is 0.467. The molecule has 0 atom stereocenters. The monoisotopic (exact) mass is 406 g/mol. The Morgan fingerprint density at radius 3 is 2.46 bits per heavy atom. The fourth-order valence-electron chi connectivity index (χ4n) is 2.80. The van der Waals surface area contributed by atoms with E-state index in [1.165, 1.54) is 4.88 Å². The van der Waals surface area contributed by atoms with E-state index in [4.69, 9.17) is 14.2 Å². The molecule has 0 amide bonds. The Morgan fingerprint density at radius 1 is 1.07 bits per heavy atom. The minimum Gasteiger partial charge on any atom is -0.493 e. The fourth-order valence-corrected chi connectivity index (χ4v) is 3.57. The molecule has 8 heteroatoms. The van der Waals surface area contributed by atoms with Crippen LogP contribution in [0.25, 0.3) is 0 Å². The number of guanidine groups is 1. The summed E-state index contributed by atoms with van der Waals surface area (Å²) in [6.07, 6.45) is 3.52. The number of aryl methyl sites for hydroxylation is 1. The maximum atomic E-state index is 5.55. The molecule has 0 saturated heterocycles. The van der Waals surface area contributed by atoms with Crippen LogP contribution in [0, 0.1) is 6.92 Å². The molecule has 2 rings (SSSR count). The van der Waals surface area contributed by atoms with Gasteiger partial charge < -0.3 is 24.8 Å². The molecular formula is C20H30N4O3S. The van der Waals surface area contributed by atoms with Gasteiger partial charge in [0, 0.05) is 42.7 Å². The lowest BCUT2D eigenvalue weighted by molar-refractivity contribution is 0.322. The predicted molar refractivity (Wildman–Crippen MR) is 114 cm³/mol. The molecule has 0 radical (unpaired) electrons. The smallest absolute Gasteiger partial charge is 0.203 e. The molecule has 0 aliphatic rings. The molecule has 2 aromatic rings. The zero-order chi connectivity index (χ0) is 20.4. The second-order valence-electron chi connectivity index (χ2n) is 6.05. The van der Waals surface area contributed by atoms with Crippen molar-refractivity contribution in [2.45, 2.75) is 26.7 Å². The summed E-state index contributed by atoms with van der Waals surface area (Å²) in [6.45, 7) is 6.34. The van der Waals surface area contributed by atoms with Crippen molar-refractivity contribution in [2.24, 2.45) is 4.99 Å². The van der Waals surface area contributed by atoms with Crippen LogP contribution < -0.4 is 24.8 Å². The van der Waals surface area contributed by atoms with E-state index in [1.807, 2.05) is 18.3 Å². The molecular weight excluding hydrogens is 376 g/mol. The lowest BCUT2D eigenvalue weighted by Crippen LogP contribution is -2.38. The summed E-state index contributed by atoms with van der Waals surface area (Å²) in [6, 6.07) is 3.89. The van der Waals surface area contributed by atoms with E-state index in [0.717, 1.165) is 35.9 Å². The van der Waals surface area contributed by atoms with Crippen molar-refractivity contribution in [3.63, 3.8) is 0 Å². The Morgan fingerprint density at radius 2 is 1.86 bits per heavy atom. The van der Waals surface area contributed by atoms with Crippen LogP contribution in [0.4, 0.5) is 0 Å². The lowest BCUT2D eigenvalue weighted by Gasteiger charge is -2.16. The molecule has 154 valence electrons. The summed E-state index contributed by atoms with van der Waals surface area (Å²) < 4.78 is 16.3. The van der Waals surface area contributed by atoms with Crippen molar-refractivity contribution in [2.75, 3.05) is 41.0 Å². The number of hydrogen-bond acceptors (Lipinski definition) is 6. The summed E-state index contributed by atoms with van der Waals surface area (Å²) in [5, 5.41) is 7.77. The molecule has 28 heavy (non-hydrogen) atoms. The van der Waals surface area contributed by atoms with E-state index in [2.05, 4.69) is 34.5 Å². The minimum atomic E-state index is 0.613. The largest absolute Gasteiger partial charge is 0.493 e. The molecule has 0 saturated carbocycles. The Bertz CT molecular complexity index is 777. The first-order valence-electron chi connectivity index (χ1n) is 9.34. The summed E-state index contributed by atoms with van der Waals surface area (Å²) >= 11 is 1.72. The Labute approximate surface area is 171 Å². The summed E-state index contributed by atoms with van der Waals surface area (Å²) in [4.78, 5) is 10.2. The molecule has 0 fully saturated rings. The van der Waals surface area contributed by atoms with Gasteiger partial charge in [-0.15, -0.1) is 11.3 Å². The van der Waals surface area contributed by atoms with E-state index in [1.54, 1.807) is 32.7 Å². The molecule has 2 N–H and O–H groups in total. The second kappa shape index (κ2) is 11.4. The highest BCUT2D eigenvalue weighted by molar-refractivity contribution is 7.11. The maximum Gasteiger partial charge on any atom is 0.203 e. The molecule has 0 spiro atoms. The van der Waals surface area contributed by atoms with Crippen molar-refractivity contribution in [3.05, 3.63) is 33.8 Å². The number of nitrogens with zero attached hydrogens (tertiary/aromatic N) is 2. The predicted octanol–water partition coefficient (Wildman–Crippen LogP) is 2.82. The Balaban J connectivity index is 1.95. The van der Waals surface area contributed by atoms with Crippen LogP contribution in [0.1, 0.15) is 22.4 Å². The Hall–Kier alpha value is -2.48.